The van der Waals surface area contributed by atoms with E-state index in [4.69, 9.17) is 17.3 Å². The molecule has 0 bridgehead atoms. The maximum Gasteiger partial charge on any atom is 0.0429 e. The minimum atomic E-state index is 0.108. The zero-order valence-corrected chi connectivity index (χ0v) is 9.65. The zero-order valence-electron chi connectivity index (χ0n) is 8.89. The average molecular weight is 213 g/mol. The van der Waals surface area contributed by atoms with E-state index in [-0.39, 0.29) is 5.54 Å². The van der Waals surface area contributed by atoms with Gasteiger partial charge in [0.1, 0.15) is 0 Å². The van der Waals surface area contributed by atoms with Crippen LogP contribution >= 0.6 is 11.6 Å². The molecule has 78 valence electrons. The van der Waals surface area contributed by atoms with E-state index in [1.165, 1.54) is 0 Å². The zero-order chi connectivity index (χ0) is 10.8. The molecule has 0 aromatic heterocycles. The van der Waals surface area contributed by atoms with E-state index < -0.39 is 0 Å². The SMILES string of the molecule is CC(C)(C)NCc1cc(N)cc(Cl)c1. The Morgan fingerprint density at radius 3 is 2.43 bits per heavy atom. The smallest absolute Gasteiger partial charge is 0.0429 e. The first-order chi connectivity index (χ1) is 6.37. The number of nitrogens with one attached hydrogen (secondary N) is 1. The maximum absolute atomic E-state index is 5.89. The highest BCUT2D eigenvalue weighted by molar-refractivity contribution is 6.30. The highest BCUT2D eigenvalue weighted by Crippen LogP contribution is 2.17. The summed E-state index contributed by atoms with van der Waals surface area (Å²) in [4.78, 5) is 0. The van der Waals surface area contributed by atoms with Gasteiger partial charge in [0, 0.05) is 22.8 Å². The molecule has 3 heteroatoms. The number of nitrogen functional groups attached to an aromatic ring is 1. The van der Waals surface area contributed by atoms with Crippen LogP contribution in [0, 0.1) is 0 Å². The molecular formula is C11H17ClN2. The van der Waals surface area contributed by atoms with Gasteiger partial charge in [-0.15, -0.1) is 0 Å². The number of hydrogen-bond acceptors (Lipinski definition) is 2. The van der Waals surface area contributed by atoms with E-state index in [1.807, 2.05) is 12.1 Å². The van der Waals surface area contributed by atoms with Crippen molar-refractivity contribution in [2.45, 2.75) is 32.9 Å². The molecule has 0 unspecified atom stereocenters. The van der Waals surface area contributed by atoms with Crippen molar-refractivity contribution in [1.29, 1.82) is 0 Å². The summed E-state index contributed by atoms with van der Waals surface area (Å²) in [5.41, 5.74) is 7.62. The van der Waals surface area contributed by atoms with Crippen LogP contribution in [0.25, 0.3) is 0 Å². The quantitative estimate of drug-likeness (QED) is 0.740. The van der Waals surface area contributed by atoms with Gasteiger partial charge in [-0.2, -0.15) is 0 Å². The third-order valence-electron chi connectivity index (χ3n) is 1.80. The first kappa shape index (κ1) is 11.3. The number of rotatable bonds is 2. The van der Waals surface area contributed by atoms with E-state index in [0.717, 1.165) is 12.1 Å². The summed E-state index contributed by atoms with van der Waals surface area (Å²) in [5, 5.41) is 4.07. The Balaban J connectivity index is 2.68. The average Bonchev–Trinajstić information content (AvgIpc) is 1.97. The van der Waals surface area contributed by atoms with Gasteiger partial charge in [-0.05, 0) is 44.5 Å². The van der Waals surface area contributed by atoms with Gasteiger partial charge in [0.2, 0.25) is 0 Å². The van der Waals surface area contributed by atoms with Gasteiger partial charge < -0.3 is 11.1 Å². The Morgan fingerprint density at radius 1 is 1.29 bits per heavy atom. The Hall–Kier alpha value is -0.730. The largest absolute Gasteiger partial charge is 0.399 e. The van der Waals surface area contributed by atoms with Gasteiger partial charge in [0.05, 0.1) is 0 Å². The van der Waals surface area contributed by atoms with Crippen molar-refractivity contribution in [2.75, 3.05) is 5.73 Å². The summed E-state index contributed by atoms with van der Waals surface area (Å²) in [5.74, 6) is 0. The number of anilines is 1. The van der Waals surface area contributed by atoms with Crippen LogP contribution in [0.1, 0.15) is 26.3 Å². The van der Waals surface area contributed by atoms with Gasteiger partial charge in [0.25, 0.3) is 0 Å². The molecule has 0 saturated carbocycles. The van der Waals surface area contributed by atoms with Crippen molar-refractivity contribution in [2.24, 2.45) is 0 Å². The fourth-order valence-corrected chi connectivity index (χ4v) is 1.41. The number of hydrogen-bond donors (Lipinski definition) is 2. The predicted molar refractivity (Wildman–Crippen MR) is 62.5 cm³/mol. The molecule has 0 saturated heterocycles. The lowest BCUT2D eigenvalue weighted by Crippen LogP contribution is -2.35. The van der Waals surface area contributed by atoms with Crippen LogP contribution in [-0.4, -0.2) is 5.54 Å². The van der Waals surface area contributed by atoms with Crippen molar-refractivity contribution in [3.8, 4) is 0 Å². The fraction of sp³-hybridized carbons (Fsp3) is 0.455. The van der Waals surface area contributed by atoms with E-state index in [2.05, 4.69) is 26.1 Å². The summed E-state index contributed by atoms with van der Waals surface area (Å²) in [7, 11) is 0. The minimum Gasteiger partial charge on any atom is -0.399 e. The van der Waals surface area contributed by atoms with Crippen LogP contribution in [-0.2, 0) is 6.54 Å². The molecule has 1 aromatic rings. The second-order valence-corrected chi connectivity index (χ2v) is 4.93. The molecule has 0 atom stereocenters. The molecule has 3 N–H and O–H groups in total. The van der Waals surface area contributed by atoms with Gasteiger partial charge in [0.15, 0.2) is 0 Å². The van der Waals surface area contributed by atoms with Crippen molar-refractivity contribution in [1.82, 2.24) is 5.32 Å². The molecule has 0 fully saturated rings. The number of benzene rings is 1. The first-order valence-corrected chi connectivity index (χ1v) is 5.04. The summed E-state index contributed by atoms with van der Waals surface area (Å²) in [6.07, 6.45) is 0. The molecule has 0 radical (unpaired) electrons. The van der Waals surface area contributed by atoms with Crippen molar-refractivity contribution < 1.29 is 0 Å². The molecule has 2 nitrogen and oxygen atoms in total. The first-order valence-electron chi connectivity index (χ1n) is 4.67. The Kier molecular flexibility index (Phi) is 3.40. The monoisotopic (exact) mass is 212 g/mol. The lowest BCUT2D eigenvalue weighted by atomic mass is 10.1. The van der Waals surface area contributed by atoms with Crippen molar-refractivity contribution in [3.63, 3.8) is 0 Å². The molecule has 0 aliphatic carbocycles. The Bertz CT molecular complexity index is 295. The van der Waals surface area contributed by atoms with E-state index >= 15 is 0 Å². The Labute approximate surface area is 90.4 Å². The van der Waals surface area contributed by atoms with Crippen LogP contribution in [0.4, 0.5) is 5.69 Å². The molecule has 0 aliphatic heterocycles. The summed E-state index contributed by atoms with van der Waals surface area (Å²) >= 11 is 5.89. The van der Waals surface area contributed by atoms with Gasteiger partial charge in [-0.3, -0.25) is 0 Å². The van der Waals surface area contributed by atoms with Gasteiger partial charge in [-0.1, -0.05) is 11.6 Å². The molecule has 14 heavy (non-hydrogen) atoms. The molecule has 0 heterocycles. The summed E-state index contributed by atoms with van der Waals surface area (Å²) in [6, 6.07) is 5.61. The highest BCUT2D eigenvalue weighted by atomic mass is 35.5. The molecule has 0 spiro atoms. The van der Waals surface area contributed by atoms with Crippen LogP contribution < -0.4 is 11.1 Å². The van der Waals surface area contributed by atoms with Crippen LogP contribution in [0.3, 0.4) is 0 Å². The summed E-state index contributed by atoms with van der Waals surface area (Å²) in [6.45, 7) is 7.16. The van der Waals surface area contributed by atoms with Crippen molar-refractivity contribution in [3.05, 3.63) is 28.8 Å². The highest BCUT2D eigenvalue weighted by Gasteiger charge is 2.08. The fourth-order valence-electron chi connectivity index (χ4n) is 1.14. The molecule has 0 aliphatic rings. The van der Waals surface area contributed by atoms with Crippen LogP contribution in [0.15, 0.2) is 18.2 Å². The van der Waals surface area contributed by atoms with E-state index in [9.17, 15) is 0 Å². The van der Waals surface area contributed by atoms with Crippen LogP contribution in [0.2, 0.25) is 5.02 Å². The summed E-state index contributed by atoms with van der Waals surface area (Å²) < 4.78 is 0. The molecular weight excluding hydrogens is 196 g/mol. The minimum absolute atomic E-state index is 0.108. The normalized spacial score (nSPS) is 11.7. The molecule has 0 amide bonds. The number of halogens is 1. The predicted octanol–water partition coefficient (Wildman–Crippen LogP) is 2.81. The second kappa shape index (κ2) is 4.20. The van der Waals surface area contributed by atoms with Crippen LogP contribution in [0.5, 0.6) is 0 Å². The lowest BCUT2D eigenvalue weighted by Gasteiger charge is -2.20. The molecule has 1 rings (SSSR count). The van der Waals surface area contributed by atoms with E-state index in [1.54, 1.807) is 6.07 Å². The van der Waals surface area contributed by atoms with Gasteiger partial charge in [-0.25, -0.2) is 0 Å². The number of nitrogens with two attached hydrogens (primary N) is 1. The second-order valence-electron chi connectivity index (χ2n) is 4.50. The maximum atomic E-state index is 5.89. The van der Waals surface area contributed by atoms with Gasteiger partial charge >= 0.3 is 0 Å². The lowest BCUT2D eigenvalue weighted by molar-refractivity contribution is 0.424. The standard InChI is InChI=1S/C11H17ClN2/c1-11(2,3)14-7-8-4-9(12)6-10(13)5-8/h4-6,14H,7,13H2,1-3H3. The van der Waals surface area contributed by atoms with E-state index in [0.29, 0.717) is 10.7 Å². The third kappa shape index (κ3) is 3.99. The third-order valence-corrected chi connectivity index (χ3v) is 2.02. The topological polar surface area (TPSA) is 38.0 Å². The Morgan fingerprint density at radius 2 is 1.93 bits per heavy atom. The van der Waals surface area contributed by atoms with Crippen molar-refractivity contribution >= 4 is 17.3 Å². The molecule has 1 aromatic carbocycles.